The molecule has 1 aromatic heterocycles. The van der Waals surface area contributed by atoms with Crippen LogP contribution in [0.2, 0.25) is 5.02 Å². The lowest BCUT2D eigenvalue weighted by Crippen LogP contribution is -2.59. The minimum absolute atomic E-state index is 0.00506. The van der Waals surface area contributed by atoms with Crippen molar-refractivity contribution in [2.24, 2.45) is 17.6 Å². The Morgan fingerprint density at radius 3 is 2.46 bits per heavy atom. The number of hydrogen-bond donors (Lipinski definition) is 3. The molecular formula is C35H50ClN7O6S. The number of rotatable bonds is 9. The van der Waals surface area contributed by atoms with Crippen molar-refractivity contribution >= 4 is 45.3 Å². The van der Waals surface area contributed by atoms with Crippen LogP contribution in [0.1, 0.15) is 64.4 Å². The molecule has 1 saturated carbocycles. The normalized spacial score (nSPS) is 22.9. The molecule has 274 valence electrons. The van der Waals surface area contributed by atoms with E-state index in [9.17, 15) is 27.6 Å². The molecule has 4 rings (SSSR count). The van der Waals surface area contributed by atoms with Gasteiger partial charge in [0.25, 0.3) is 10.0 Å². The van der Waals surface area contributed by atoms with E-state index in [4.69, 9.17) is 17.3 Å². The molecule has 0 spiro atoms. The molecular weight excluding hydrogens is 682 g/mol. The summed E-state index contributed by atoms with van der Waals surface area (Å²) in [5.74, 6) is -1.49. The number of carbonyl (C=O) groups is 4. The van der Waals surface area contributed by atoms with E-state index in [-0.39, 0.29) is 30.1 Å². The highest BCUT2D eigenvalue weighted by Crippen LogP contribution is 2.33. The lowest BCUT2D eigenvalue weighted by atomic mass is 9.94. The summed E-state index contributed by atoms with van der Waals surface area (Å²) < 4.78 is 25.1. The Kier molecular flexibility index (Phi) is 13.3. The third-order valence-corrected chi connectivity index (χ3v) is 10.4. The molecule has 4 atom stereocenters. The van der Waals surface area contributed by atoms with Crippen LogP contribution in [0.3, 0.4) is 0 Å². The lowest BCUT2D eigenvalue weighted by molar-refractivity contribution is -0.144. The number of carbonyl (C=O) groups excluding carboxylic acids is 4. The van der Waals surface area contributed by atoms with Crippen LogP contribution in [0.5, 0.6) is 0 Å². The number of likely N-dealkylation sites (N-methyl/N-ethyl adjacent to an activating group) is 2. The van der Waals surface area contributed by atoms with Crippen molar-refractivity contribution in [1.29, 1.82) is 0 Å². The van der Waals surface area contributed by atoms with E-state index < -0.39 is 46.0 Å². The molecule has 1 aromatic carbocycles. The predicted octanol–water partition coefficient (Wildman–Crippen LogP) is 2.72. The highest BCUT2D eigenvalue weighted by Gasteiger charge is 2.39. The Bertz CT molecular complexity index is 1690. The number of allylic oxidation sites excluding steroid dienone is 2. The van der Waals surface area contributed by atoms with Crippen molar-refractivity contribution in [3.8, 4) is 11.1 Å². The zero-order valence-electron chi connectivity index (χ0n) is 29.5. The first kappa shape index (κ1) is 39.0. The Morgan fingerprint density at radius 2 is 1.82 bits per heavy atom. The topological polar surface area (TPSA) is 177 Å². The summed E-state index contributed by atoms with van der Waals surface area (Å²) >= 11 is 6.42. The highest BCUT2D eigenvalue weighted by molar-refractivity contribution is 7.89. The average molecular weight is 732 g/mol. The monoisotopic (exact) mass is 731 g/mol. The standard InChI is InChI=1S/C35H50ClN7O6S/c1-22(2)17-28-34(46)42(4)30(19-24-18-26(36)14-15-27(24)25-20-39-43(21-25)50(5,48)49)32(44)38-16-10-8-6-7-9-11-29(33(45)40-28)41(3)35(47)31(37)23-12-13-23/h6-7,14-15,18,20-23,28-31H,8-13,16-17,19,37H2,1-5H3,(H,38,44)(H,40,45)/b7-6-/t28-,29-,30-,31-/m0/s1. The fraction of sp³-hybridized carbons (Fsp3) is 0.571. The third kappa shape index (κ3) is 10.2. The summed E-state index contributed by atoms with van der Waals surface area (Å²) in [4.78, 5) is 58.2. The number of benzene rings is 1. The zero-order valence-corrected chi connectivity index (χ0v) is 31.0. The molecule has 0 bridgehead atoms. The van der Waals surface area contributed by atoms with Crippen LogP contribution in [-0.4, -0.2) is 102 Å². The van der Waals surface area contributed by atoms with Crippen LogP contribution in [0.25, 0.3) is 11.1 Å². The largest absolute Gasteiger partial charge is 0.354 e. The molecule has 4 N–H and O–H groups in total. The molecule has 4 amide bonds. The fourth-order valence-corrected chi connectivity index (χ4v) is 6.92. The van der Waals surface area contributed by atoms with Crippen molar-refractivity contribution in [2.75, 3.05) is 26.9 Å². The van der Waals surface area contributed by atoms with Gasteiger partial charge in [0, 0.05) is 37.6 Å². The second-order valence-corrected chi connectivity index (χ2v) is 16.1. The molecule has 2 heterocycles. The summed E-state index contributed by atoms with van der Waals surface area (Å²) in [7, 11) is -0.520. The minimum Gasteiger partial charge on any atom is -0.354 e. The summed E-state index contributed by atoms with van der Waals surface area (Å²) in [5, 5.41) is 10.3. The Hall–Kier alpha value is -3.75. The molecule has 0 saturated heterocycles. The van der Waals surface area contributed by atoms with E-state index in [1.807, 2.05) is 26.0 Å². The van der Waals surface area contributed by atoms with E-state index in [0.29, 0.717) is 60.4 Å². The first-order valence-electron chi connectivity index (χ1n) is 17.1. The summed E-state index contributed by atoms with van der Waals surface area (Å²) in [5.41, 5.74) is 7.93. The lowest BCUT2D eigenvalue weighted by Gasteiger charge is -2.34. The van der Waals surface area contributed by atoms with Crippen LogP contribution in [0.15, 0.2) is 42.7 Å². The van der Waals surface area contributed by atoms with Crippen molar-refractivity contribution in [2.45, 2.75) is 89.4 Å². The van der Waals surface area contributed by atoms with Gasteiger partial charge < -0.3 is 26.2 Å². The second kappa shape index (κ2) is 17.0. The van der Waals surface area contributed by atoms with Gasteiger partial charge in [0.1, 0.15) is 18.1 Å². The van der Waals surface area contributed by atoms with E-state index in [1.165, 1.54) is 29.2 Å². The Balaban J connectivity index is 1.69. The quantitative estimate of drug-likeness (QED) is 0.330. The summed E-state index contributed by atoms with van der Waals surface area (Å²) in [6.45, 7) is 4.24. The molecule has 50 heavy (non-hydrogen) atoms. The summed E-state index contributed by atoms with van der Waals surface area (Å²) in [6, 6.07) is 1.53. The van der Waals surface area contributed by atoms with E-state index in [1.54, 1.807) is 25.2 Å². The van der Waals surface area contributed by atoms with Gasteiger partial charge in [0.15, 0.2) is 0 Å². The molecule has 15 heteroatoms. The molecule has 13 nitrogen and oxygen atoms in total. The zero-order chi connectivity index (χ0) is 36.7. The van der Waals surface area contributed by atoms with E-state index in [0.717, 1.165) is 23.2 Å². The van der Waals surface area contributed by atoms with Crippen molar-refractivity contribution in [3.63, 3.8) is 0 Å². The SMILES string of the molecule is CC(C)C[C@@H]1NC(=O)[C@@H](N(C)C(=O)[C@@H](N)C2CC2)CC/C=C\CCCNC(=O)[C@H](Cc2cc(Cl)ccc2-c2cnn(S(C)(=O)=O)c2)N(C)C1=O. The van der Waals surface area contributed by atoms with Gasteiger partial charge in [-0.25, -0.2) is 8.42 Å². The maximum Gasteiger partial charge on any atom is 0.250 e. The van der Waals surface area contributed by atoms with Gasteiger partial charge in [-0.15, -0.1) is 0 Å². The fourth-order valence-electron chi connectivity index (χ4n) is 6.20. The highest BCUT2D eigenvalue weighted by atomic mass is 35.5. The van der Waals surface area contributed by atoms with Crippen LogP contribution < -0.4 is 16.4 Å². The number of nitrogens with two attached hydrogens (primary N) is 1. The number of hydrogen-bond acceptors (Lipinski definition) is 8. The maximum absolute atomic E-state index is 14.3. The van der Waals surface area contributed by atoms with Crippen molar-refractivity contribution in [1.82, 2.24) is 29.6 Å². The van der Waals surface area contributed by atoms with Crippen LogP contribution >= 0.6 is 11.6 Å². The Labute approximate surface area is 300 Å². The molecule has 1 aliphatic carbocycles. The number of nitrogens with zero attached hydrogens (tertiary/aromatic N) is 4. The number of aromatic nitrogens is 2. The molecule has 0 radical (unpaired) electrons. The second-order valence-electron chi connectivity index (χ2n) is 13.8. The number of amides is 4. The number of halogens is 1. The van der Waals surface area contributed by atoms with Crippen LogP contribution in [-0.2, 0) is 35.6 Å². The van der Waals surface area contributed by atoms with Gasteiger partial charge in [-0.1, -0.05) is 43.7 Å². The van der Waals surface area contributed by atoms with E-state index >= 15 is 0 Å². The van der Waals surface area contributed by atoms with Gasteiger partial charge in [-0.3, -0.25) is 19.2 Å². The first-order chi connectivity index (χ1) is 23.6. The molecule has 1 aliphatic heterocycles. The molecule has 0 unspecified atom stereocenters. The van der Waals surface area contributed by atoms with Crippen molar-refractivity contribution < 1.29 is 27.6 Å². The predicted molar refractivity (Wildman–Crippen MR) is 192 cm³/mol. The van der Waals surface area contributed by atoms with E-state index in [2.05, 4.69) is 15.7 Å². The Morgan fingerprint density at radius 1 is 1.12 bits per heavy atom. The maximum atomic E-state index is 14.3. The average Bonchev–Trinajstić information content (AvgIpc) is 3.78. The van der Waals surface area contributed by atoms with Gasteiger partial charge in [0.05, 0.1) is 24.7 Å². The molecule has 2 aromatic rings. The van der Waals surface area contributed by atoms with Crippen molar-refractivity contribution in [3.05, 3.63) is 53.3 Å². The van der Waals surface area contributed by atoms with Gasteiger partial charge in [0.2, 0.25) is 23.6 Å². The minimum atomic E-state index is -3.64. The smallest absolute Gasteiger partial charge is 0.250 e. The first-order valence-corrected chi connectivity index (χ1v) is 19.4. The van der Waals surface area contributed by atoms with Crippen LogP contribution in [0, 0.1) is 11.8 Å². The van der Waals surface area contributed by atoms with Crippen LogP contribution in [0.4, 0.5) is 0 Å². The molecule has 2 aliphatic rings. The number of nitrogens with one attached hydrogen (secondary N) is 2. The van der Waals surface area contributed by atoms with Gasteiger partial charge in [-0.2, -0.15) is 9.19 Å². The van der Waals surface area contributed by atoms with Gasteiger partial charge >= 0.3 is 0 Å². The summed E-state index contributed by atoms with van der Waals surface area (Å²) in [6.07, 6.45) is 12.1. The molecule has 1 fully saturated rings. The third-order valence-electron chi connectivity index (χ3n) is 9.28. The van der Waals surface area contributed by atoms with Gasteiger partial charge in [-0.05, 0) is 80.0 Å².